The van der Waals surface area contributed by atoms with Gasteiger partial charge in [-0.2, -0.15) is 10.4 Å². The topological polar surface area (TPSA) is 131 Å². The van der Waals surface area contributed by atoms with Crippen LogP contribution in [0.3, 0.4) is 0 Å². The maximum atomic E-state index is 11.8. The second kappa shape index (κ2) is 8.02. The summed E-state index contributed by atoms with van der Waals surface area (Å²) in [6.07, 6.45) is 3.56. The first kappa shape index (κ1) is 18.8. The molecule has 2 atom stereocenters. The van der Waals surface area contributed by atoms with Crippen molar-refractivity contribution in [2.75, 3.05) is 5.75 Å². The summed E-state index contributed by atoms with van der Waals surface area (Å²) in [5.41, 5.74) is 2.42. The van der Waals surface area contributed by atoms with E-state index in [1.54, 1.807) is 35.3 Å². The third kappa shape index (κ3) is 4.73. The van der Waals surface area contributed by atoms with Gasteiger partial charge >= 0.3 is 0 Å². The fourth-order valence-electron chi connectivity index (χ4n) is 2.41. The molecule has 8 nitrogen and oxygen atoms in total. The van der Waals surface area contributed by atoms with Crippen molar-refractivity contribution in [3.05, 3.63) is 42.2 Å². The van der Waals surface area contributed by atoms with Crippen LogP contribution in [0.25, 0.3) is 11.1 Å². The summed E-state index contributed by atoms with van der Waals surface area (Å²) in [5, 5.41) is 22.0. The molecule has 132 valence electrons. The molecule has 0 aliphatic rings. The van der Waals surface area contributed by atoms with Gasteiger partial charge in [0.2, 0.25) is 5.91 Å². The van der Waals surface area contributed by atoms with E-state index < -0.39 is 28.2 Å². The van der Waals surface area contributed by atoms with Gasteiger partial charge < -0.3 is 4.55 Å². The zero-order valence-corrected chi connectivity index (χ0v) is 14.3. The quantitative estimate of drug-likeness (QED) is 0.433. The van der Waals surface area contributed by atoms with E-state index in [1.807, 2.05) is 6.07 Å². The maximum Gasteiger partial charge on any atom is 0.250 e. The molecule has 0 saturated carbocycles. The fraction of sp³-hybridized carbons (Fsp3) is 0.312. The van der Waals surface area contributed by atoms with Crippen molar-refractivity contribution < 1.29 is 18.8 Å². The van der Waals surface area contributed by atoms with Crippen molar-refractivity contribution in [3.8, 4) is 17.2 Å². The van der Waals surface area contributed by atoms with Crippen LogP contribution in [0.5, 0.6) is 0 Å². The third-order valence-electron chi connectivity index (χ3n) is 3.94. The van der Waals surface area contributed by atoms with Gasteiger partial charge in [-0.25, -0.2) is 5.48 Å². The number of hydroxylamine groups is 1. The molecule has 0 spiro atoms. The zero-order valence-electron chi connectivity index (χ0n) is 13.5. The molecule has 1 amide bonds. The van der Waals surface area contributed by atoms with E-state index in [1.165, 1.54) is 12.4 Å². The number of hydrogen-bond donors (Lipinski definition) is 2. The number of amides is 1. The number of carbonyl (C=O) groups is 1. The van der Waals surface area contributed by atoms with Gasteiger partial charge in [0.15, 0.2) is 0 Å². The van der Waals surface area contributed by atoms with Gasteiger partial charge in [0.05, 0.1) is 23.2 Å². The summed E-state index contributed by atoms with van der Waals surface area (Å²) in [6.45, 7) is 1.76. The molecule has 0 aliphatic carbocycles. The summed E-state index contributed by atoms with van der Waals surface area (Å²) in [6, 6.07) is 9.15. The van der Waals surface area contributed by atoms with E-state index in [0.29, 0.717) is 12.1 Å². The van der Waals surface area contributed by atoms with Crippen molar-refractivity contribution in [2.24, 2.45) is 5.41 Å². The van der Waals surface area contributed by atoms with Gasteiger partial charge in [-0.15, -0.1) is 0 Å². The van der Waals surface area contributed by atoms with Gasteiger partial charge in [0.25, 0.3) is 0 Å². The number of aromatic nitrogens is 2. The third-order valence-corrected chi connectivity index (χ3v) is 4.81. The van der Waals surface area contributed by atoms with E-state index in [-0.39, 0.29) is 6.42 Å². The lowest BCUT2D eigenvalue weighted by atomic mass is 9.88. The van der Waals surface area contributed by atoms with Crippen LogP contribution in [-0.2, 0) is 22.4 Å². The molecule has 0 radical (unpaired) electrons. The van der Waals surface area contributed by atoms with Crippen molar-refractivity contribution in [1.82, 2.24) is 15.3 Å². The lowest BCUT2D eigenvalue weighted by Crippen LogP contribution is -2.42. The summed E-state index contributed by atoms with van der Waals surface area (Å²) in [4.78, 5) is 11.8. The zero-order chi connectivity index (χ0) is 18.4. The molecular formula is C16H17N4O4S-. The Morgan fingerprint density at radius 2 is 2.28 bits per heavy atom. The molecule has 0 bridgehead atoms. The van der Waals surface area contributed by atoms with Crippen LogP contribution in [-0.4, -0.2) is 35.4 Å². The summed E-state index contributed by atoms with van der Waals surface area (Å²) in [5.74, 6) is -1.16. The Bertz CT molecular complexity index is 830. The van der Waals surface area contributed by atoms with Crippen molar-refractivity contribution in [3.63, 3.8) is 0 Å². The lowest BCUT2D eigenvalue weighted by Gasteiger charge is -2.27. The Hall–Kier alpha value is -2.54. The van der Waals surface area contributed by atoms with Crippen molar-refractivity contribution >= 4 is 17.0 Å². The maximum absolute atomic E-state index is 11.8. The molecule has 0 aliphatic heterocycles. The first-order chi connectivity index (χ1) is 11.9. The van der Waals surface area contributed by atoms with Crippen LogP contribution >= 0.6 is 0 Å². The predicted octanol–water partition coefficient (Wildman–Crippen LogP) is 1.20. The molecule has 1 aromatic carbocycles. The number of benzene rings is 1. The van der Waals surface area contributed by atoms with Crippen molar-refractivity contribution in [1.29, 1.82) is 5.26 Å². The van der Waals surface area contributed by atoms with Crippen LogP contribution in [0.2, 0.25) is 0 Å². The first-order valence-electron chi connectivity index (χ1n) is 7.41. The number of nitrogens with zero attached hydrogens (tertiary/aromatic N) is 3. The van der Waals surface area contributed by atoms with Crippen LogP contribution in [0.4, 0.5) is 0 Å². The Labute approximate surface area is 147 Å². The molecule has 1 aromatic heterocycles. The Morgan fingerprint density at radius 3 is 2.92 bits per heavy atom. The average molecular weight is 361 g/mol. The highest BCUT2D eigenvalue weighted by Gasteiger charge is 2.33. The van der Waals surface area contributed by atoms with Gasteiger partial charge in [-0.3, -0.25) is 18.9 Å². The summed E-state index contributed by atoms with van der Waals surface area (Å²) in [7, 11) is 0. The van der Waals surface area contributed by atoms with Crippen molar-refractivity contribution in [2.45, 2.75) is 19.9 Å². The van der Waals surface area contributed by atoms with E-state index in [2.05, 4.69) is 11.2 Å². The Morgan fingerprint density at radius 1 is 1.52 bits per heavy atom. The molecular weight excluding hydrogens is 344 g/mol. The van der Waals surface area contributed by atoms with Gasteiger partial charge in [-0.05, 0) is 31.0 Å². The average Bonchev–Trinajstić information content (AvgIpc) is 3.08. The van der Waals surface area contributed by atoms with E-state index in [0.717, 1.165) is 11.1 Å². The molecule has 2 N–H and O–H groups in total. The predicted molar refractivity (Wildman–Crippen MR) is 88.8 cm³/mol. The van der Waals surface area contributed by atoms with E-state index >= 15 is 0 Å². The second-order valence-corrected chi connectivity index (χ2v) is 6.78. The number of nitrogens with one attached hydrogen (secondary N) is 1. The highest BCUT2D eigenvalue weighted by Crippen LogP contribution is 2.25. The molecule has 2 rings (SSSR count). The molecule has 0 saturated heterocycles. The van der Waals surface area contributed by atoms with Crippen LogP contribution in [0, 0.1) is 16.7 Å². The molecule has 0 fully saturated rings. The largest absolute Gasteiger partial charge is 0.772 e. The fourth-order valence-corrected chi connectivity index (χ4v) is 3.21. The number of hydrogen-bond acceptors (Lipinski definition) is 6. The van der Waals surface area contributed by atoms with E-state index in [9.17, 15) is 13.6 Å². The monoisotopic (exact) mass is 361 g/mol. The second-order valence-electron chi connectivity index (χ2n) is 5.88. The molecule has 2 unspecified atom stereocenters. The molecule has 1 heterocycles. The number of carbonyl (C=O) groups excluding carboxylic acids is 1. The van der Waals surface area contributed by atoms with Gasteiger partial charge in [0.1, 0.15) is 0 Å². The number of rotatable bonds is 7. The minimum absolute atomic E-state index is 0.173. The van der Waals surface area contributed by atoms with Crippen LogP contribution < -0.4 is 5.48 Å². The van der Waals surface area contributed by atoms with Crippen LogP contribution in [0.1, 0.15) is 18.9 Å². The SMILES string of the molecule is CC(CCn1cc(-c2cccc(C#N)c2)cn1)(CS(=O)[O-])C(=O)NO. The van der Waals surface area contributed by atoms with Gasteiger partial charge in [-0.1, -0.05) is 23.2 Å². The Balaban J connectivity index is 2.13. The number of aryl methyl sites for hydroxylation is 1. The normalized spacial score (nSPS) is 14.3. The first-order valence-corrected chi connectivity index (χ1v) is 8.66. The highest BCUT2D eigenvalue weighted by atomic mass is 32.2. The minimum atomic E-state index is -2.43. The molecule has 2 aromatic rings. The molecule has 9 heteroatoms. The summed E-state index contributed by atoms with van der Waals surface area (Å²) < 4.78 is 23.6. The van der Waals surface area contributed by atoms with Crippen LogP contribution in [0.15, 0.2) is 36.7 Å². The Kier molecular flexibility index (Phi) is 6.03. The lowest BCUT2D eigenvalue weighted by molar-refractivity contribution is -0.138. The molecule has 25 heavy (non-hydrogen) atoms. The van der Waals surface area contributed by atoms with E-state index in [4.69, 9.17) is 10.5 Å². The summed E-state index contributed by atoms with van der Waals surface area (Å²) >= 11 is -2.43. The standard InChI is InChI=1S/C16H18N4O4S/c1-16(11-25(23)24,15(21)19-22)5-6-20-10-14(9-18-20)13-4-2-3-12(7-13)8-17/h2-4,7,9-10,22H,5-6,11H2,1H3,(H,19,21)(H,23,24)/p-1. The minimum Gasteiger partial charge on any atom is -0.772 e. The highest BCUT2D eigenvalue weighted by molar-refractivity contribution is 7.79. The van der Waals surface area contributed by atoms with Gasteiger partial charge in [0, 0.05) is 24.1 Å². The smallest absolute Gasteiger partial charge is 0.250 e. The number of nitriles is 1.